The smallest absolute Gasteiger partial charge is 0.315 e. The van der Waals surface area contributed by atoms with Crippen molar-refractivity contribution >= 4 is 34.9 Å². The molecule has 2 fully saturated rings. The average molecular weight is 721 g/mol. The molecule has 53 heavy (non-hydrogen) atoms. The molecule has 276 valence electrons. The minimum Gasteiger partial charge on any atom is -0.405 e. The van der Waals surface area contributed by atoms with E-state index >= 15 is 0 Å². The maximum atomic E-state index is 12.8. The summed E-state index contributed by atoms with van der Waals surface area (Å²) in [6.07, 6.45) is 3.27. The lowest BCUT2D eigenvalue weighted by Gasteiger charge is -2.22. The molecule has 0 radical (unpaired) electrons. The number of pyridine rings is 1. The highest BCUT2D eigenvalue weighted by Gasteiger charge is 2.38. The molecule has 15 heteroatoms. The molecule has 0 bridgehead atoms. The van der Waals surface area contributed by atoms with Gasteiger partial charge in [-0.3, -0.25) is 9.78 Å². The molecular weight excluding hydrogens is 676 g/mol. The molecule has 2 aliphatic rings. The molecule has 15 nitrogen and oxygen atoms in total. The monoisotopic (exact) mass is 720 g/mol. The number of aliphatic hydroxyl groups excluding tert-OH is 2. The van der Waals surface area contributed by atoms with Crippen LogP contribution in [0.4, 0.5) is 16.6 Å². The van der Waals surface area contributed by atoms with E-state index in [2.05, 4.69) is 55.5 Å². The number of nitrogens with zero attached hydrogens (tertiary/aromatic N) is 6. The van der Waals surface area contributed by atoms with E-state index in [-0.39, 0.29) is 36.9 Å². The summed E-state index contributed by atoms with van der Waals surface area (Å²) in [6.45, 7) is 1.67. The van der Waals surface area contributed by atoms with Gasteiger partial charge in [0.1, 0.15) is 12.4 Å². The fraction of sp³-hybridized carbons (Fsp3) is 0.368. The summed E-state index contributed by atoms with van der Waals surface area (Å²) < 4.78 is 1.46. The number of carbonyl (C=O) groups is 2. The molecule has 1 unspecified atom stereocenters. The van der Waals surface area contributed by atoms with Crippen LogP contribution in [0.5, 0.6) is 0 Å². The Labute approximate surface area is 306 Å². The second-order valence-electron chi connectivity index (χ2n) is 13.3. The topological polar surface area (TPSA) is 192 Å². The Morgan fingerprint density at radius 2 is 1.66 bits per heavy atom. The van der Waals surface area contributed by atoms with Crippen molar-refractivity contribution in [2.24, 2.45) is 0 Å². The van der Waals surface area contributed by atoms with Gasteiger partial charge in [-0.05, 0) is 42.5 Å². The van der Waals surface area contributed by atoms with Crippen molar-refractivity contribution in [3.8, 4) is 0 Å². The van der Waals surface area contributed by atoms with E-state index in [4.69, 9.17) is 19.9 Å². The average Bonchev–Trinajstić information content (AvgIpc) is 3.91. The van der Waals surface area contributed by atoms with Gasteiger partial charge < -0.3 is 41.2 Å². The number of anilines is 2. The number of nitrogens with one attached hydrogen (secondary N) is 4. The summed E-state index contributed by atoms with van der Waals surface area (Å²) in [7, 11) is 0. The Kier molecular flexibility index (Phi) is 11.2. The van der Waals surface area contributed by atoms with E-state index in [9.17, 15) is 14.7 Å². The van der Waals surface area contributed by atoms with Crippen LogP contribution in [0.15, 0.2) is 91.4 Å². The zero-order valence-electron chi connectivity index (χ0n) is 29.2. The van der Waals surface area contributed by atoms with Gasteiger partial charge >= 0.3 is 6.03 Å². The van der Waals surface area contributed by atoms with E-state index in [1.165, 1.54) is 11.1 Å². The lowest BCUT2D eigenvalue weighted by atomic mass is 9.91. The van der Waals surface area contributed by atoms with Crippen molar-refractivity contribution in [1.29, 1.82) is 0 Å². The lowest BCUT2D eigenvalue weighted by Crippen LogP contribution is -2.45. The Balaban J connectivity index is 1.12. The molecule has 2 aromatic carbocycles. The molecule has 1 aliphatic heterocycles. The zero-order chi connectivity index (χ0) is 36.6. The zero-order valence-corrected chi connectivity index (χ0v) is 29.2. The van der Waals surface area contributed by atoms with Crippen molar-refractivity contribution in [3.05, 3.63) is 108 Å². The van der Waals surface area contributed by atoms with Crippen LogP contribution in [0, 0.1) is 0 Å². The van der Waals surface area contributed by atoms with Gasteiger partial charge in [0.15, 0.2) is 17.4 Å². The van der Waals surface area contributed by atoms with E-state index in [0.717, 1.165) is 16.8 Å². The van der Waals surface area contributed by atoms with Crippen LogP contribution >= 0.6 is 0 Å². The van der Waals surface area contributed by atoms with Crippen LogP contribution in [0.1, 0.15) is 48.4 Å². The predicted molar refractivity (Wildman–Crippen MR) is 198 cm³/mol. The fourth-order valence-corrected chi connectivity index (χ4v) is 6.92. The minimum atomic E-state index is -0.972. The van der Waals surface area contributed by atoms with Crippen LogP contribution in [0.25, 0.3) is 11.2 Å². The third-order valence-electron chi connectivity index (χ3n) is 9.68. The molecule has 6 N–H and O–H groups in total. The van der Waals surface area contributed by atoms with Crippen LogP contribution in [-0.4, -0.2) is 97.4 Å². The number of aromatic nitrogens is 5. The lowest BCUT2D eigenvalue weighted by molar-refractivity contribution is -0.123. The second-order valence-corrected chi connectivity index (χ2v) is 13.3. The largest absolute Gasteiger partial charge is 0.405 e. The van der Waals surface area contributed by atoms with Crippen LogP contribution in [0.3, 0.4) is 0 Å². The number of rotatable bonds is 14. The molecule has 0 spiro atoms. The van der Waals surface area contributed by atoms with E-state index in [1.54, 1.807) is 6.20 Å². The minimum absolute atomic E-state index is 0.0146. The molecule has 4 heterocycles. The summed E-state index contributed by atoms with van der Waals surface area (Å²) >= 11 is 0. The highest BCUT2D eigenvalue weighted by atomic mass is 16.7. The molecule has 3 aromatic heterocycles. The number of fused-ring (bicyclic) bond motifs is 1. The van der Waals surface area contributed by atoms with Crippen molar-refractivity contribution < 1.29 is 24.6 Å². The molecule has 5 aromatic rings. The third kappa shape index (κ3) is 8.64. The molecule has 7 rings (SSSR count). The van der Waals surface area contributed by atoms with Crippen LogP contribution in [-0.2, 0) is 11.3 Å². The summed E-state index contributed by atoms with van der Waals surface area (Å²) in [6, 6.07) is 25.2. The highest BCUT2D eigenvalue weighted by Crippen LogP contribution is 2.29. The van der Waals surface area contributed by atoms with Gasteiger partial charge in [0, 0.05) is 44.2 Å². The number of carbonyl (C=O) groups excluding carboxylic acids is 2. The molecular formula is C38H44N10O5. The molecule has 1 saturated heterocycles. The molecule has 4 atom stereocenters. The normalized spacial score (nSPS) is 19.7. The van der Waals surface area contributed by atoms with Crippen molar-refractivity contribution in [1.82, 2.24) is 40.6 Å². The van der Waals surface area contributed by atoms with Gasteiger partial charge in [-0.15, -0.1) is 0 Å². The maximum Gasteiger partial charge on any atom is 0.315 e. The highest BCUT2D eigenvalue weighted by molar-refractivity contribution is 5.84. The third-order valence-corrected chi connectivity index (χ3v) is 9.68. The fourth-order valence-electron chi connectivity index (χ4n) is 6.92. The Bertz CT molecular complexity index is 1930. The van der Waals surface area contributed by atoms with Gasteiger partial charge in [-0.25, -0.2) is 9.78 Å². The standard InChI is InChI=1S/C38H44N10O5/c49-20-17-32(50)44-30-14-15-31(34(30)51)53-48-24-42-33-35(40-22-29(25-9-3-1-4-10-25)26-11-5-2-6-12-26)45-37(46-36(33)48)47-19-16-28(23-47)43-38(52)41-21-27-13-7-8-18-39-27/h1-13,18,24,28-31,34,49,51H,14-17,19-23H2,(H,44,50)(H,40,45,46)(H2,41,43,52)/t28?,30-,31-,34+/m0/s1. The Hall–Kier alpha value is -5.80. The van der Waals surface area contributed by atoms with E-state index in [1.807, 2.05) is 59.5 Å². The number of benzene rings is 2. The first-order chi connectivity index (χ1) is 25.9. The molecule has 3 amide bonds. The van der Waals surface area contributed by atoms with Gasteiger partial charge in [-0.1, -0.05) is 66.7 Å². The van der Waals surface area contributed by atoms with E-state index < -0.39 is 18.2 Å². The number of hydrogen-bond donors (Lipinski definition) is 6. The van der Waals surface area contributed by atoms with E-state index in [0.29, 0.717) is 68.4 Å². The first-order valence-corrected chi connectivity index (χ1v) is 18.0. The number of urea groups is 1. The number of imidazole rings is 1. The quantitative estimate of drug-likeness (QED) is 0.0988. The van der Waals surface area contributed by atoms with Crippen LogP contribution in [0.2, 0.25) is 0 Å². The molecule has 1 saturated carbocycles. The first kappa shape index (κ1) is 35.6. The SMILES string of the molecule is O=C(CCO)N[C@H]1CC[C@H](On2cnc3c(NCC(c4ccccc4)c4ccccc4)nc(N4CCC(NC(=O)NCc5ccccn5)C4)nc32)[C@@H]1O. The van der Waals surface area contributed by atoms with Crippen LogP contribution < -0.4 is 31.0 Å². The maximum absolute atomic E-state index is 12.8. The Morgan fingerprint density at radius 1 is 0.906 bits per heavy atom. The summed E-state index contributed by atoms with van der Waals surface area (Å²) in [5.41, 5.74) is 3.98. The van der Waals surface area contributed by atoms with Gasteiger partial charge in [-0.2, -0.15) is 14.7 Å². The van der Waals surface area contributed by atoms with Gasteiger partial charge in [0.05, 0.1) is 24.9 Å². The molecule has 1 aliphatic carbocycles. The van der Waals surface area contributed by atoms with Crippen molar-refractivity contribution in [3.63, 3.8) is 0 Å². The van der Waals surface area contributed by atoms with Gasteiger partial charge in [0.2, 0.25) is 17.5 Å². The summed E-state index contributed by atoms with van der Waals surface area (Å²) in [4.78, 5) is 52.0. The van der Waals surface area contributed by atoms with Crippen molar-refractivity contribution in [2.45, 2.75) is 62.4 Å². The summed E-state index contributed by atoms with van der Waals surface area (Å²) in [5, 5.41) is 32.5. The predicted octanol–water partition coefficient (Wildman–Crippen LogP) is 2.36. The first-order valence-electron chi connectivity index (χ1n) is 18.0. The number of amides is 3. The Morgan fingerprint density at radius 3 is 2.38 bits per heavy atom. The number of aliphatic hydroxyl groups is 2. The van der Waals surface area contributed by atoms with Gasteiger partial charge in [0.25, 0.3) is 0 Å². The number of hydrogen-bond acceptors (Lipinski definition) is 11. The summed E-state index contributed by atoms with van der Waals surface area (Å²) in [5.74, 6) is 0.656. The second kappa shape index (κ2) is 16.7. The van der Waals surface area contributed by atoms with Crippen molar-refractivity contribution in [2.75, 3.05) is 36.5 Å².